The largest absolute Gasteiger partial charge is 0.446 e. The molecule has 0 unspecified atom stereocenters. The van der Waals surface area contributed by atoms with E-state index < -0.39 is 0 Å². The lowest BCUT2D eigenvalue weighted by atomic mass is 10.1. The zero-order valence-corrected chi connectivity index (χ0v) is 16.8. The maximum Gasteiger partial charge on any atom is 0.273 e. The molecule has 0 saturated heterocycles. The summed E-state index contributed by atoms with van der Waals surface area (Å²) in [4.78, 5) is 30.3. The number of aromatic nitrogens is 1. The molecule has 0 aromatic carbocycles. The second kappa shape index (κ2) is 14.2. The van der Waals surface area contributed by atoms with E-state index in [1.165, 1.54) is 19.1 Å². The number of carbonyl (C=O) groups excluding carboxylic acids is 2. The van der Waals surface area contributed by atoms with E-state index in [1.807, 2.05) is 0 Å². The Labute approximate surface area is 161 Å². The fraction of sp³-hybridized carbons (Fsp3) is 0.737. The van der Waals surface area contributed by atoms with Gasteiger partial charge in [0, 0.05) is 33.7 Å². The van der Waals surface area contributed by atoms with Crippen molar-refractivity contribution in [3.05, 3.63) is 17.8 Å². The van der Waals surface area contributed by atoms with Crippen LogP contribution >= 0.6 is 0 Å². The average Bonchev–Trinajstić information content (AvgIpc) is 3.13. The van der Waals surface area contributed by atoms with Gasteiger partial charge < -0.3 is 24.1 Å². The fourth-order valence-electron chi connectivity index (χ4n) is 2.54. The van der Waals surface area contributed by atoms with Crippen molar-refractivity contribution >= 4 is 11.8 Å². The SMILES string of the molecule is CCCCCCCC(=O)N(CCOC)Cc1nc(C(=O)NCCOC)co1. The molecule has 1 N–H and O–H groups in total. The van der Waals surface area contributed by atoms with Crippen LogP contribution in [0, 0.1) is 0 Å². The van der Waals surface area contributed by atoms with Gasteiger partial charge in [-0.05, 0) is 6.42 Å². The van der Waals surface area contributed by atoms with Gasteiger partial charge in [-0.1, -0.05) is 32.6 Å². The van der Waals surface area contributed by atoms with Crippen molar-refractivity contribution in [3.63, 3.8) is 0 Å². The number of nitrogens with one attached hydrogen (secondary N) is 1. The van der Waals surface area contributed by atoms with E-state index in [2.05, 4.69) is 17.2 Å². The quantitative estimate of drug-likeness (QED) is 0.467. The minimum absolute atomic E-state index is 0.0489. The van der Waals surface area contributed by atoms with Crippen LogP contribution in [0.15, 0.2) is 10.7 Å². The highest BCUT2D eigenvalue weighted by Gasteiger charge is 2.18. The first-order valence-electron chi connectivity index (χ1n) is 9.60. The van der Waals surface area contributed by atoms with Crippen molar-refractivity contribution in [3.8, 4) is 0 Å². The summed E-state index contributed by atoms with van der Waals surface area (Å²) in [6.07, 6.45) is 7.28. The Morgan fingerprint density at radius 3 is 2.59 bits per heavy atom. The van der Waals surface area contributed by atoms with E-state index in [1.54, 1.807) is 19.1 Å². The van der Waals surface area contributed by atoms with Crippen LogP contribution in [0.25, 0.3) is 0 Å². The Hall–Kier alpha value is -1.93. The second-order valence-electron chi connectivity index (χ2n) is 6.35. The summed E-state index contributed by atoms with van der Waals surface area (Å²) in [5, 5.41) is 2.68. The molecule has 8 nitrogen and oxygen atoms in total. The second-order valence-corrected chi connectivity index (χ2v) is 6.35. The molecule has 1 rings (SSSR count). The Morgan fingerprint density at radius 2 is 1.89 bits per heavy atom. The molecule has 0 spiro atoms. The van der Waals surface area contributed by atoms with Crippen LogP contribution in [0.4, 0.5) is 0 Å². The maximum absolute atomic E-state index is 12.5. The molecule has 1 aromatic rings. The fourth-order valence-corrected chi connectivity index (χ4v) is 2.54. The van der Waals surface area contributed by atoms with Gasteiger partial charge in [-0.3, -0.25) is 9.59 Å². The van der Waals surface area contributed by atoms with Crippen molar-refractivity contribution in [1.29, 1.82) is 0 Å². The van der Waals surface area contributed by atoms with Crippen molar-refractivity contribution in [2.75, 3.05) is 40.5 Å². The Balaban J connectivity index is 2.55. The number of ether oxygens (including phenoxy) is 2. The smallest absolute Gasteiger partial charge is 0.273 e. The third-order valence-electron chi connectivity index (χ3n) is 4.11. The van der Waals surface area contributed by atoms with Gasteiger partial charge in [-0.15, -0.1) is 0 Å². The van der Waals surface area contributed by atoms with Crippen molar-refractivity contribution < 1.29 is 23.5 Å². The predicted molar refractivity (Wildman–Crippen MR) is 101 cm³/mol. The molecule has 0 aliphatic carbocycles. The van der Waals surface area contributed by atoms with Gasteiger partial charge in [0.05, 0.1) is 19.8 Å². The highest BCUT2D eigenvalue weighted by Crippen LogP contribution is 2.11. The van der Waals surface area contributed by atoms with E-state index in [4.69, 9.17) is 13.9 Å². The first kappa shape index (κ1) is 23.1. The van der Waals surface area contributed by atoms with Crippen LogP contribution in [0.3, 0.4) is 0 Å². The molecule has 0 saturated carbocycles. The number of nitrogens with zero attached hydrogens (tertiary/aromatic N) is 2. The van der Waals surface area contributed by atoms with Gasteiger partial charge in [-0.2, -0.15) is 0 Å². The summed E-state index contributed by atoms with van der Waals surface area (Å²) < 4.78 is 15.4. The molecule has 0 bridgehead atoms. The number of rotatable bonds is 15. The summed E-state index contributed by atoms with van der Waals surface area (Å²) in [5.41, 5.74) is 0.194. The Morgan fingerprint density at radius 1 is 1.15 bits per heavy atom. The van der Waals surface area contributed by atoms with Crippen molar-refractivity contribution in [2.24, 2.45) is 0 Å². The molecular formula is C19H33N3O5. The molecule has 0 aliphatic rings. The first-order valence-corrected chi connectivity index (χ1v) is 9.60. The Bertz CT molecular complexity index is 547. The highest BCUT2D eigenvalue weighted by atomic mass is 16.5. The Kier molecular flexibility index (Phi) is 12.1. The number of hydrogen-bond donors (Lipinski definition) is 1. The standard InChI is InChI=1S/C19H33N3O5/c1-4-5-6-7-8-9-18(23)22(11-13-26-3)14-17-21-16(15-27-17)19(24)20-10-12-25-2/h15H,4-14H2,1-3H3,(H,20,24). The van der Waals surface area contributed by atoms with Gasteiger partial charge in [0.1, 0.15) is 6.26 Å². The minimum atomic E-state index is -0.326. The number of methoxy groups -OCH3 is 2. The number of carbonyl (C=O) groups is 2. The van der Waals surface area contributed by atoms with Gasteiger partial charge in [0.2, 0.25) is 11.8 Å². The zero-order chi connectivity index (χ0) is 19.9. The van der Waals surface area contributed by atoms with E-state index in [9.17, 15) is 9.59 Å². The summed E-state index contributed by atoms with van der Waals surface area (Å²) in [5.74, 6) is 0.0583. The third kappa shape index (κ3) is 9.53. The molecule has 8 heteroatoms. The monoisotopic (exact) mass is 383 g/mol. The van der Waals surface area contributed by atoms with E-state index in [0.717, 1.165) is 19.3 Å². The van der Waals surface area contributed by atoms with Crippen LogP contribution in [0.1, 0.15) is 61.8 Å². The summed E-state index contributed by atoms with van der Waals surface area (Å²) in [6.45, 7) is 4.11. The molecule has 154 valence electrons. The summed E-state index contributed by atoms with van der Waals surface area (Å²) in [7, 11) is 3.16. The van der Waals surface area contributed by atoms with E-state index in [-0.39, 0.29) is 24.1 Å². The average molecular weight is 383 g/mol. The van der Waals surface area contributed by atoms with Crippen molar-refractivity contribution in [1.82, 2.24) is 15.2 Å². The summed E-state index contributed by atoms with van der Waals surface area (Å²) in [6, 6.07) is 0. The molecule has 1 heterocycles. The molecule has 0 atom stereocenters. The summed E-state index contributed by atoms with van der Waals surface area (Å²) >= 11 is 0. The van der Waals surface area contributed by atoms with Crippen LogP contribution in [0.2, 0.25) is 0 Å². The number of hydrogen-bond acceptors (Lipinski definition) is 6. The van der Waals surface area contributed by atoms with Crippen LogP contribution in [0.5, 0.6) is 0 Å². The lowest BCUT2D eigenvalue weighted by Crippen LogP contribution is -2.33. The highest BCUT2D eigenvalue weighted by molar-refractivity contribution is 5.91. The lowest BCUT2D eigenvalue weighted by Gasteiger charge is -2.20. The predicted octanol–water partition coefficient (Wildman–Crippen LogP) is 2.39. The number of amides is 2. The topological polar surface area (TPSA) is 93.9 Å². The van der Waals surface area contributed by atoms with E-state index >= 15 is 0 Å². The van der Waals surface area contributed by atoms with Crippen LogP contribution < -0.4 is 5.32 Å². The molecule has 0 radical (unpaired) electrons. The lowest BCUT2D eigenvalue weighted by molar-refractivity contribution is -0.132. The molecule has 27 heavy (non-hydrogen) atoms. The van der Waals surface area contributed by atoms with Gasteiger partial charge in [0.15, 0.2) is 5.69 Å². The molecule has 2 amide bonds. The molecule has 1 aromatic heterocycles. The minimum Gasteiger partial charge on any atom is -0.446 e. The normalized spacial score (nSPS) is 10.8. The third-order valence-corrected chi connectivity index (χ3v) is 4.11. The number of oxazole rings is 1. The van der Waals surface area contributed by atoms with Gasteiger partial charge in [-0.25, -0.2) is 4.98 Å². The van der Waals surface area contributed by atoms with Gasteiger partial charge in [0.25, 0.3) is 5.91 Å². The van der Waals surface area contributed by atoms with Crippen LogP contribution in [-0.4, -0.2) is 62.2 Å². The molecular weight excluding hydrogens is 350 g/mol. The maximum atomic E-state index is 12.5. The zero-order valence-electron chi connectivity index (χ0n) is 16.8. The first-order chi connectivity index (χ1) is 13.1. The van der Waals surface area contributed by atoms with Crippen LogP contribution in [-0.2, 0) is 20.8 Å². The number of unbranched alkanes of at least 4 members (excludes halogenated alkanes) is 4. The van der Waals surface area contributed by atoms with Crippen molar-refractivity contribution in [2.45, 2.75) is 52.0 Å². The van der Waals surface area contributed by atoms with Gasteiger partial charge >= 0.3 is 0 Å². The van der Waals surface area contributed by atoms with E-state index in [0.29, 0.717) is 38.6 Å². The molecule has 0 aliphatic heterocycles. The molecule has 0 fully saturated rings.